The van der Waals surface area contributed by atoms with Crippen LogP contribution >= 0.6 is 0 Å². The van der Waals surface area contributed by atoms with E-state index in [1.54, 1.807) is 25.3 Å². The van der Waals surface area contributed by atoms with Crippen LogP contribution in [0.3, 0.4) is 0 Å². The van der Waals surface area contributed by atoms with Gasteiger partial charge in [-0.3, -0.25) is 4.79 Å². The molecule has 4 heterocycles. The van der Waals surface area contributed by atoms with Gasteiger partial charge in [-0.05, 0) is 37.2 Å². The average molecular weight is 472 g/mol. The number of para-hydroxylation sites is 1. The van der Waals surface area contributed by atoms with E-state index in [1.807, 2.05) is 18.2 Å². The topological polar surface area (TPSA) is 77.1 Å². The Balaban J connectivity index is 1.33. The first kappa shape index (κ1) is 21.7. The summed E-state index contributed by atoms with van der Waals surface area (Å²) in [6.45, 7) is 4.85. The van der Waals surface area contributed by atoms with Crippen LogP contribution in [0.2, 0.25) is 0 Å². The van der Waals surface area contributed by atoms with Crippen LogP contribution in [0, 0.1) is 0 Å². The molecule has 2 aromatic carbocycles. The summed E-state index contributed by atoms with van der Waals surface area (Å²) < 4.78 is 5.71. The van der Waals surface area contributed by atoms with Gasteiger partial charge in [0.15, 0.2) is 5.82 Å². The monoisotopic (exact) mass is 471 g/mol. The number of anilines is 6. The van der Waals surface area contributed by atoms with E-state index in [4.69, 9.17) is 9.72 Å². The number of piperazine rings is 1. The molecule has 3 aliphatic rings. The molecule has 3 aromatic rings. The molecule has 3 aliphatic heterocycles. The summed E-state index contributed by atoms with van der Waals surface area (Å²) >= 11 is 0. The molecule has 1 N–H and O–H groups in total. The molecular formula is C26H29N7O2. The summed E-state index contributed by atoms with van der Waals surface area (Å²) in [5.41, 5.74) is 5.47. The molecule has 9 nitrogen and oxygen atoms in total. The van der Waals surface area contributed by atoms with Crippen molar-refractivity contribution in [3.05, 3.63) is 53.7 Å². The molecule has 9 heteroatoms. The van der Waals surface area contributed by atoms with Crippen LogP contribution in [0.5, 0.6) is 5.75 Å². The van der Waals surface area contributed by atoms with E-state index in [0.29, 0.717) is 17.2 Å². The van der Waals surface area contributed by atoms with Crippen LogP contribution in [-0.2, 0) is 6.42 Å². The summed E-state index contributed by atoms with van der Waals surface area (Å²) in [6.07, 6.45) is 2.60. The number of fused-ring (bicyclic) bond motifs is 2. The number of carbonyl (C=O) groups is 1. The van der Waals surface area contributed by atoms with Crippen molar-refractivity contribution < 1.29 is 9.53 Å². The smallest absolute Gasteiger partial charge is 0.260 e. The summed E-state index contributed by atoms with van der Waals surface area (Å²) in [6, 6.07) is 12.1. The lowest BCUT2D eigenvalue weighted by Crippen LogP contribution is -2.44. The Bertz CT molecular complexity index is 1300. The molecule has 0 saturated carbocycles. The van der Waals surface area contributed by atoms with Crippen LogP contribution < -0.4 is 24.8 Å². The first-order valence-corrected chi connectivity index (χ1v) is 12.0. The third-order valence-corrected chi connectivity index (χ3v) is 7.20. The predicted octanol–water partition coefficient (Wildman–Crippen LogP) is 3.26. The number of amides is 1. The maximum absolute atomic E-state index is 13.2. The fourth-order valence-corrected chi connectivity index (χ4v) is 5.16. The van der Waals surface area contributed by atoms with Crippen molar-refractivity contribution >= 4 is 40.4 Å². The molecule has 0 aliphatic carbocycles. The summed E-state index contributed by atoms with van der Waals surface area (Å²) in [7, 11) is 5.61. The molecule has 0 radical (unpaired) electrons. The van der Waals surface area contributed by atoms with Gasteiger partial charge in [0.05, 0.1) is 30.2 Å². The normalized spacial score (nSPS) is 17.2. The van der Waals surface area contributed by atoms with E-state index in [2.05, 4.69) is 50.2 Å². The van der Waals surface area contributed by atoms with Crippen molar-refractivity contribution in [3.8, 4) is 5.75 Å². The average Bonchev–Trinajstić information content (AvgIpc) is 3.29. The zero-order valence-electron chi connectivity index (χ0n) is 20.3. The SMILES string of the molecule is COc1cc(N2CCN(C)CC2)ccc1Nc1ncc2c(n1)N1CCc3cccc(c31)C(=O)N2C. The quantitative estimate of drug-likeness (QED) is 0.622. The molecule has 1 amide bonds. The van der Waals surface area contributed by atoms with Gasteiger partial charge >= 0.3 is 0 Å². The second-order valence-electron chi connectivity index (χ2n) is 9.28. The number of rotatable bonds is 4. The number of methoxy groups -OCH3 is 1. The van der Waals surface area contributed by atoms with E-state index in [1.165, 1.54) is 5.56 Å². The van der Waals surface area contributed by atoms with Crippen LogP contribution in [-0.4, -0.2) is 74.7 Å². The van der Waals surface area contributed by atoms with Crippen molar-refractivity contribution in [1.82, 2.24) is 14.9 Å². The van der Waals surface area contributed by atoms with Gasteiger partial charge in [-0.2, -0.15) is 4.98 Å². The first-order chi connectivity index (χ1) is 17.0. The zero-order valence-corrected chi connectivity index (χ0v) is 20.3. The van der Waals surface area contributed by atoms with Gasteiger partial charge in [0.1, 0.15) is 11.4 Å². The molecule has 1 fully saturated rings. The van der Waals surface area contributed by atoms with Gasteiger partial charge in [-0.15, -0.1) is 0 Å². The zero-order chi connectivity index (χ0) is 24.1. The van der Waals surface area contributed by atoms with Crippen molar-refractivity contribution in [2.75, 3.05) is 73.9 Å². The molecule has 0 atom stereocenters. The van der Waals surface area contributed by atoms with Gasteiger partial charge in [0.25, 0.3) is 5.91 Å². The fraction of sp³-hybridized carbons (Fsp3) is 0.346. The molecule has 35 heavy (non-hydrogen) atoms. The summed E-state index contributed by atoms with van der Waals surface area (Å²) in [5, 5.41) is 3.34. The fourth-order valence-electron chi connectivity index (χ4n) is 5.16. The lowest BCUT2D eigenvalue weighted by Gasteiger charge is -2.34. The van der Waals surface area contributed by atoms with E-state index < -0.39 is 0 Å². The van der Waals surface area contributed by atoms with Crippen LogP contribution in [0.4, 0.5) is 34.5 Å². The second-order valence-corrected chi connectivity index (χ2v) is 9.28. The number of hydrogen-bond donors (Lipinski definition) is 1. The Labute approximate surface area is 204 Å². The third kappa shape index (κ3) is 3.63. The Hall–Kier alpha value is -3.85. The van der Waals surface area contributed by atoms with Crippen molar-refractivity contribution in [3.63, 3.8) is 0 Å². The highest BCUT2D eigenvalue weighted by Crippen LogP contribution is 2.44. The molecule has 180 valence electrons. The molecular weight excluding hydrogens is 442 g/mol. The third-order valence-electron chi connectivity index (χ3n) is 7.20. The second kappa shape index (κ2) is 8.42. The Kier molecular flexibility index (Phi) is 5.21. The summed E-state index contributed by atoms with van der Waals surface area (Å²) in [4.78, 5) is 31.1. The predicted molar refractivity (Wildman–Crippen MR) is 138 cm³/mol. The van der Waals surface area contributed by atoms with Crippen molar-refractivity contribution in [2.45, 2.75) is 6.42 Å². The lowest BCUT2D eigenvalue weighted by molar-refractivity contribution is 0.0994. The highest BCUT2D eigenvalue weighted by Gasteiger charge is 2.35. The van der Waals surface area contributed by atoms with Crippen LogP contribution in [0.1, 0.15) is 15.9 Å². The van der Waals surface area contributed by atoms with E-state index in [0.717, 1.165) is 67.8 Å². The number of aromatic nitrogens is 2. The van der Waals surface area contributed by atoms with E-state index in [9.17, 15) is 4.79 Å². The Morgan fingerprint density at radius 1 is 1.03 bits per heavy atom. The van der Waals surface area contributed by atoms with E-state index in [-0.39, 0.29) is 5.91 Å². The standard InChI is InChI=1S/C26H29N7O2/c1-30-11-13-32(14-12-30)18-7-8-20(22(15-18)35-3)28-26-27-16-21-24(29-26)33-10-9-17-5-4-6-19(23(17)33)25(34)31(21)2/h4-8,15-16H,9-14H2,1-3H3,(H,27,28,29). The minimum Gasteiger partial charge on any atom is -0.494 e. The number of nitrogens with zero attached hydrogens (tertiary/aromatic N) is 6. The molecule has 6 rings (SSSR count). The van der Waals surface area contributed by atoms with E-state index >= 15 is 0 Å². The van der Waals surface area contributed by atoms with Crippen LogP contribution in [0.25, 0.3) is 0 Å². The van der Waals surface area contributed by atoms with Gasteiger partial charge in [-0.1, -0.05) is 12.1 Å². The number of hydrogen-bond acceptors (Lipinski definition) is 8. The molecule has 0 spiro atoms. The Morgan fingerprint density at radius 2 is 1.86 bits per heavy atom. The number of carbonyl (C=O) groups excluding carboxylic acids is 1. The summed E-state index contributed by atoms with van der Waals surface area (Å²) in [5.74, 6) is 1.89. The molecule has 1 saturated heterocycles. The number of ether oxygens (including phenoxy) is 1. The highest BCUT2D eigenvalue weighted by atomic mass is 16.5. The largest absolute Gasteiger partial charge is 0.494 e. The van der Waals surface area contributed by atoms with Crippen molar-refractivity contribution in [1.29, 1.82) is 0 Å². The van der Waals surface area contributed by atoms with Gasteiger partial charge in [0, 0.05) is 51.5 Å². The Morgan fingerprint density at radius 3 is 2.66 bits per heavy atom. The first-order valence-electron chi connectivity index (χ1n) is 12.0. The lowest BCUT2D eigenvalue weighted by atomic mass is 10.1. The van der Waals surface area contributed by atoms with Crippen molar-refractivity contribution in [2.24, 2.45) is 0 Å². The molecule has 0 bridgehead atoms. The number of likely N-dealkylation sites (N-methyl/N-ethyl adjacent to an activating group) is 1. The van der Waals surface area contributed by atoms with Gasteiger partial charge in [0.2, 0.25) is 5.95 Å². The number of benzene rings is 2. The molecule has 0 unspecified atom stereocenters. The minimum absolute atomic E-state index is 0.0435. The van der Waals surface area contributed by atoms with Gasteiger partial charge in [-0.25, -0.2) is 4.98 Å². The van der Waals surface area contributed by atoms with Gasteiger partial charge < -0.3 is 29.7 Å². The minimum atomic E-state index is -0.0435. The maximum atomic E-state index is 13.2. The maximum Gasteiger partial charge on any atom is 0.260 e. The van der Waals surface area contributed by atoms with Crippen LogP contribution in [0.15, 0.2) is 42.6 Å². The molecule has 1 aromatic heterocycles. The number of nitrogens with one attached hydrogen (secondary N) is 1. The highest BCUT2D eigenvalue weighted by molar-refractivity contribution is 6.14.